The summed E-state index contributed by atoms with van der Waals surface area (Å²) in [5, 5.41) is 0. The summed E-state index contributed by atoms with van der Waals surface area (Å²) < 4.78 is 10.8. The molecular weight excluding hydrogens is 292 g/mol. The Kier molecular flexibility index (Phi) is 3.06. The van der Waals surface area contributed by atoms with E-state index in [1.54, 1.807) is 4.90 Å². The lowest BCUT2D eigenvalue weighted by Gasteiger charge is -2.45. The molecule has 1 amide bonds. The van der Waals surface area contributed by atoms with Gasteiger partial charge in [0.2, 0.25) is 12.7 Å². The topological polar surface area (TPSA) is 64.8 Å². The molecule has 2 heterocycles. The minimum atomic E-state index is -0.531. The largest absolute Gasteiger partial charge is 0.454 e. The number of benzene rings is 2. The average molecular weight is 310 g/mol. The number of fused-ring (bicyclic) bond motifs is 1. The summed E-state index contributed by atoms with van der Waals surface area (Å²) in [6, 6.07) is 11.0. The molecular formula is C18H18N2O3. The first kappa shape index (κ1) is 14.1. The predicted molar refractivity (Wildman–Crippen MR) is 86.7 cm³/mol. The molecule has 2 aromatic carbocycles. The maximum absolute atomic E-state index is 12.3. The Balaban J connectivity index is 1.72. The monoisotopic (exact) mass is 310 g/mol. The van der Waals surface area contributed by atoms with Gasteiger partial charge in [-0.05, 0) is 54.8 Å². The molecule has 2 atom stereocenters. The Morgan fingerprint density at radius 2 is 1.83 bits per heavy atom. The van der Waals surface area contributed by atoms with Gasteiger partial charge in [0.15, 0.2) is 11.5 Å². The van der Waals surface area contributed by atoms with Gasteiger partial charge in [-0.1, -0.05) is 12.1 Å². The molecule has 2 aromatic rings. The summed E-state index contributed by atoms with van der Waals surface area (Å²) in [7, 11) is 0. The number of aryl methyl sites for hydroxylation is 2. The van der Waals surface area contributed by atoms with Crippen LogP contribution in [0.1, 0.15) is 22.7 Å². The molecule has 5 heteroatoms. The fraction of sp³-hybridized carbons (Fsp3) is 0.278. The molecule has 0 saturated carbocycles. The summed E-state index contributed by atoms with van der Waals surface area (Å²) in [5.41, 5.74) is 10.3. The Morgan fingerprint density at radius 1 is 1.04 bits per heavy atom. The highest BCUT2D eigenvalue weighted by atomic mass is 16.7. The SMILES string of the molecule is Cc1ccc(N2C(=O)[C@H](N)[C@@H]2c2ccc3c(c2)OCO3)cc1C. The average Bonchev–Trinajstić information content (AvgIpc) is 3.02. The van der Waals surface area contributed by atoms with Crippen LogP contribution in [0.15, 0.2) is 36.4 Å². The molecule has 0 aromatic heterocycles. The van der Waals surface area contributed by atoms with E-state index >= 15 is 0 Å². The highest BCUT2D eigenvalue weighted by molar-refractivity contribution is 6.05. The molecule has 0 spiro atoms. The van der Waals surface area contributed by atoms with E-state index < -0.39 is 6.04 Å². The fourth-order valence-electron chi connectivity index (χ4n) is 3.13. The number of nitrogens with two attached hydrogens (primary N) is 1. The second-order valence-corrected chi connectivity index (χ2v) is 6.06. The number of rotatable bonds is 2. The molecule has 1 fully saturated rings. The van der Waals surface area contributed by atoms with Crippen LogP contribution < -0.4 is 20.1 Å². The number of anilines is 1. The van der Waals surface area contributed by atoms with E-state index in [4.69, 9.17) is 15.2 Å². The molecule has 2 aliphatic rings. The molecule has 4 rings (SSSR count). The van der Waals surface area contributed by atoms with E-state index in [1.807, 2.05) is 43.3 Å². The van der Waals surface area contributed by atoms with Gasteiger partial charge in [0, 0.05) is 5.69 Å². The van der Waals surface area contributed by atoms with Crippen molar-refractivity contribution >= 4 is 11.6 Å². The standard InChI is InChI=1S/C18H18N2O3/c1-10-3-5-13(7-11(10)2)20-17(16(19)18(20)21)12-4-6-14-15(8-12)23-9-22-14/h3-8,16-17H,9,19H2,1-2H3/t16-,17+/m1/s1. The molecule has 1 saturated heterocycles. The highest BCUT2D eigenvalue weighted by Gasteiger charge is 2.47. The highest BCUT2D eigenvalue weighted by Crippen LogP contribution is 2.42. The van der Waals surface area contributed by atoms with E-state index in [2.05, 4.69) is 6.92 Å². The van der Waals surface area contributed by atoms with Crippen LogP contribution >= 0.6 is 0 Å². The van der Waals surface area contributed by atoms with Crippen LogP contribution in [0.3, 0.4) is 0 Å². The normalized spacial score (nSPS) is 22.2. The number of ether oxygens (including phenoxy) is 2. The van der Waals surface area contributed by atoms with Crippen molar-refractivity contribution in [2.75, 3.05) is 11.7 Å². The van der Waals surface area contributed by atoms with Crippen LogP contribution in [0, 0.1) is 13.8 Å². The van der Waals surface area contributed by atoms with Crippen LogP contribution in [0.4, 0.5) is 5.69 Å². The minimum Gasteiger partial charge on any atom is -0.454 e. The van der Waals surface area contributed by atoms with Gasteiger partial charge >= 0.3 is 0 Å². The van der Waals surface area contributed by atoms with Gasteiger partial charge in [-0.3, -0.25) is 4.79 Å². The van der Waals surface area contributed by atoms with E-state index in [1.165, 1.54) is 5.56 Å². The van der Waals surface area contributed by atoms with Crippen molar-refractivity contribution in [1.29, 1.82) is 0 Å². The quantitative estimate of drug-likeness (QED) is 0.865. The van der Waals surface area contributed by atoms with Crippen molar-refractivity contribution in [3.8, 4) is 11.5 Å². The summed E-state index contributed by atoms with van der Waals surface area (Å²) in [6.45, 7) is 4.33. The van der Waals surface area contributed by atoms with Crippen LogP contribution in [0.2, 0.25) is 0 Å². The zero-order valence-corrected chi connectivity index (χ0v) is 13.1. The van der Waals surface area contributed by atoms with Crippen molar-refractivity contribution in [3.05, 3.63) is 53.1 Å². The molecule has 0 aliphatic carbocycles. The van der Waals surface area contributed by atoms with Crippen LogP contribution in [0.25, 0.3) is 0 Å². The smallest absolute Gasteiger partial charge is 0.247 e. The Bertz CT molecular complexity index is 803. The molecule has 2 N–H and O–H groups in total. The van der Waals surface area contributed by atoms with Crippen molar-refractivity contribution in [1.82, 2.24) is 0 Å². The number of nitrogens with zero attached hydrogens (tertiary/aromatic N) is 1. The van der Waals surface area contributed by atoms with Crippen molar-refractivity contribution < 1.29 is 14.3 Å². The number of carbonyl (C=O) groups excluding carboxylic acids is 1. The van der Waals surface area contributed by atoms with Gasteiger partial charge in [0.25, 0.3) is 0 Å². The zero-order valence-electron chi connectivity index (χ0n) is 13.1. The van der Waals surface area contributed by atoms with Crippen molar-refractivity contribution in [2.45, 2.75) is 25.9 Å². The first-order valence-corrected chi connectivity index (χ1v) is 7.62. The second-order valence-electron chi connectivity index (χ2n) is 6.06. The van der Waals surface area contributed by atoms with Crippen LogP contribution in [-0.4, -0.2) is 18.7 Å². The molecule has 118 valence electrons. The third kappa shape index (κ3) is 2.08. The van der Waals surface area contributed by atoms with Gasteiger partial charge in [-0.15, -0.1) is 0 Å². The zero-order chi connectivity index (χ0) is 16.1. The summed E-state index contributed by atoms with van der Waals surface area (Å²) >= 11 is 0. The third-order valence-corrected chi connectivity index (χ3v) is 4.65. The van der Waals surface area contributed by atoms with Crippen molar-refractivity contribution in [2.24, 2.45) is 5.73 Å². The lowest BCUT2D eigenvalue weighted by Crippen LogP contribution is -2.63. The summed E-state index contributed by atoms with van der Waals surface area (Å²) in [5.74, 6) is 1.37. The number of carbonyl (C=O) groups is 1. The van der Waals surface area contributed by atoms with E-state index in [-0.39, 0.29) is 18.7 Å². The molecule has 0 radical (unpaired) electrons. The van der Waals surface area contributed by atoms with Gasteiger partial charge in [-0.25, -0.2) is 0 Å². The number of amides is 1. The number of hydrogen-bond acceptors (Lipinski definition) is 4. The van der Waals surface area contributed by atoms with Gasteiger partial charge in [-0.2, -0.15) is 0 Å². The van der Waals surface area contributed by atoms with E-state index in [9.17, 15) is 4.79 Å². The van der Waals surface area contributed by atoms with E-state index in [0.717, 1.165) is 22.6 Å². The Hall–Kier alpha value is -2.53. The maximum Gasteiger partial charge on any atom is 0.247 e. The lowest BCUT2D eigenvalue weighted by molar-refractivity contribution is -0.126. The number of hydrogen-bond donors (Lipinski definition) is 1. The molecule has 23 heavy (non-hydrogen) atoms. The first-order valence-electron chi connectivity index (χ1n) is 7.62. The predicted octanol–water partition coefficient (Wildman–Crippen LogP) is 2.45. The minimum absolute atomic E-state index is 0.0593. The lowest BCUT2D eigenvalue weighted by atomic mass is 9.88. The summed E-state index contributed by atoms with van der Waals surface area (Å²) in [6.07, 6.45) is 0. The van der Waals surface area contributed by atoms with Gasteiger partial charge in [0.1, 0.15) is 6.04 Å². The van der Waals surface area contributed by atoms with E-state index in [0.29, 0.717) is 5.75 Å². The molecule has 5 nitrogen and oxygen atoms in total. The number of β-lactam (4-membered cyclic amide) rings is 1. The van der Waals surface area contributed by atoms with Crippen molar-refractivity contribution in [3.63, 3.8) is 0 Å². The first-order chi connectivity index (χ1) is 11.1. The van der Waals surface area contributed by atoms with Crippen LogP contribution in [0.5, 0.6) is 11.5 Å². The van der Waals surface area contributed by atoms with Gasteiger partial charge in [0.05, 0.1) is 6.04 Å². The van der Waals surface area contributed by atoms with Gasteiger partial charge < -0.3 is 20.1 Å². The Morgan fingerprint density at radius 3 is 2.61 bits per heavy atom. The molecule has 2 aliphatic heterocycles. The fourth-order valence-corrected chi connectivity index (χ4v) is 3.13. The molecule has 0 unspecified atom stereocenters. The third-order valence-electron chi connectivity index (χ3n) is 4.65. The molecule has 0 bridgehead atoms. The van der Waals surface area contributed by atoms with Crippen LogP contribution in [-0.2, 0) is 4.79 Å². The Labute approximate surface area is 134 Å². The maximum atomic E-state index is 12.3. The second kappa shape index (κ2) is 4.99. The summed E-state index contributed by atoms with van der Waals surface area (Å²) in [4.78, 5) is 14.1.